The molecule has 2 N–H and O–H groups in total. The molecule has 0 bridgehead atoms. The zero-order chi connectivity index (χ0) is 16.8. The topological polar surface area (TPSA) is 69.6 Å². The predicted octanol–water partition coefficient (Wildman–Crippen LogP) is 3.27. The van der Waals surface area contributed by atoms with E-state index in [9.17, 15) is 9.59 Å². The highest BCUT2D eigenvalue weighted by Gasteiger charge is 2.22. The number of rotatable bonds is 6. The highest BCUT2D eigenvalue weighted by atomic mass is 79.9. The summed E-state index contributed by atoms with van der Waals surface area (Å²) in [6, 6.07) is 5.77. The van der Waals surface area contributed by atoms with Crippen molar-refractivity contribution in [1.29, 1.82) is 0 Å². The number of hydrogen-bond donors (Lipinski definition) is 2. The largest absolute Gasteiger partial charge is 0.481 e. The molecule has 2 rings (SSSR count). The van der Waals surface area contributed by atoms with E-state index in [0.29, 0.717) is 18.9 Å². The Morgan fingerprint density at radius 3 is 2.91 bits per heavy atom. The molecule has 126 valence electrons. The molecule has 1 heterocycles. The van der Waals surface area contributed by atoms with Crippen LogP contribution in [0.1, 0.15) is 31.2 Å². The SMILES string of the molecule is Cc1cc(Br)ccc1NC(=O)CN1CCCC(CCC(=O)O)C1. The van der Waals surface area contributed by atoms with E-state index in [-0.39, 0.29) is 12.3 Å². The molecule has 1 saturated heterocycles. The number of amides is 1. The van der Waals surface area contributed by atoms with Gasteiger partial charge in [0, 0.05) is 23.1 Å². The zero-order valence-corrected chi connectivity index (χ0v) is 14.9. The first kappa shape index (κ1) is 17.9. The number of carboxylic acids is 1. The highest BCUT2D eigenvalue weighted by molar-refractivity contribution is 9.10. The van der Waals surface area contributed by atoms with Crippen LogP contribution in [0.4, 0.5) is 5.69 Å². The van der Waals surface area contributed by atoms with Crippen LogP contribution in [0.25, 0.3) is 0 Å². The Balaban J connectivity index is 1.83. The summed E-state index contributed by atoms with van der Waals surface area (Å²) in [4.78, 5) is 25.0. The molecule has 1 fully saturated rings. The number of nitrogens with one attached hydrogen (secondary N) is 1. The molecule has 1 aromatic rings. The van der Waals surface area contributed by atoms with Gasteiger partial charge in [0.2, 0.25) is 5.91 Å². The summed E-state index contributed by atoms with van der Waals surface area (Å²) in [5.74, 6) is -0.387. The fourth-order valence-corrected chi connectivity index (χ4v) is 3.49. The molecule has 1 atom stereocenters. The second kappa shape index (κ2) is 8.45. The van der Waals surface area contributed by atoms with Crippen molar-refractivity contribution in [2.45, 2.75) is 32.6 Å². The molecule has 1 aliphatic heterocycles. The predicted molar refractivity (Wildman–Crippen MR) is 93.5 cm³/mol. The van der Waals surface area contributed by atoms with Crippen LogP contribution in [0, 0.1) is 12.8 Å². The number of hydrogen-bond acceptors (Lipinski definition) is 3. The fraction of sp³-hybridized carbons (Fsp3) is 0.529. The van der Waals surface area contributed by atoms with Gasteiger partial charge in [-0.2, -0.15) is 0 Å². The summed E-state index contributed by atoms with van der Waals surface area (Å²) >= 11 is 3.41. The number of carboxylic acid groups (broad SMARTS) is 1. The molecule has 1 aromatic carbocycles. The van der Waals surface area contributed by atoms with E-state index in [1.54, 1.807) is 0 Å². The number of likely N-dealkylation sites (tertiary alicyclic amines) is 1. The van der Waals surface area contributed by atoms with E-state index >= 15 is 0 Å². The molecule has 1 unspecified atom stereocenters. The number of benzene rings is 1. The first-order valence-corrected chi connectivity index (χ1v) is 8.73. The van der Waals surface area contributed by atoms with Crippen LogP contribution in [0.3, 0.4) is 0 Å². The quantitative estimate of drug-likeness (QED) is 0.791. The number of halogens is 1. The van der Waals surface area contributed by atoms with Crippen LogP contribution in [-0.4, -0.2) is 41.5 Å². The third-order valence-corrected chi connectivity index (χ3v) is 4.69. The Kier molecular flexibility index (Phi) is 6.59. The van der Waals surface area contributed by atoms with Gasteiger partial charge in [0.25, 0.3) is 0 Å². The number of piperidine rings is 1. The number of carbonyl (C=O) groups excluding carboxylic acids is 1. The molecule has 6 heteroatoms. The van der Waals surface area contributed by atoms with E-state index in [1.807, 2.05) is 25.1 Å². The van der Waals surface area contributed by atoms with Crippen LogP contribution in [0.5, 0.6) is 0 Å². The van der Waals surface area contributed by atoms with Gasteiger partial charge in [-0.05, 0) is 62.4 Å². The van der Waals surface area contributed by atoms with Crippen molar-refractivity contribution in [3.8, 4) is 0 Å². The maximum Gasteiger partial charge on any atom is 0.303 e. The fourth-order valence-electron chi connectivity index (χ4n) is 3.02. The monoisotopic (exact) mass is 382 g/mol. The number of anilines is 1. The maximum atomic E-state index is 12.2. The van der Waals surface area contributed by atoms with Crippen molar-refractivity contribution >= 4 is 33.5 Å². The Hall–Kier alpha value is -1.40. The highest BCUT2D eigenvalue weighted by Crippen LogP contribution is 2.22. The lowest BCUT2D eigenvalue weighted by Gasteiger charge is -2.32. The van der Waals surface area contributed by atoms with Crippen LogP contribution in [0.15, 0.2) is 22.7 Å². The molecule has 0 aliphatic carbocycles. The zero-order valence-electron chi connectivity index (χ0n) is 13.3. The van der Waals surface area contributed by atoms with Gasteiger partial charge in [0.05, 0.1) is 6.54 Å². The molecule has 23 heavy (non-hydrogen) atoms. The van der Waals surface area contributed by atoms with Crippen LogP contribution < -0.4 is 5.32 Å². The lowest BCUT2D eigenvalue weighted by Crippen LogP contribution is -2.40. The Morgan fingerprint density at radius 1 is 1.43 bits per heavy atom. The number of nitrogens with zero attached hydrogens (tertiary/aromatic N) is 1. The normalized spacial score (nSPS) is 18.6. The van der Waals surface area contributed by atoms with Gasteiger partial charge in [-0.15, -0.1) is 0 Å². The van der Waals surface area contributed by atoms with Gasteiger partial charge >= 0.3 is 5.97 Å². The van der Waals surface area contributed by atoms with E-state index in [4.69, 9.17) is 5.11 Å². The first-order valence-electron chi connectivity index (χ1n) is 7.94. The summed E-state index contributed by atoms with van der Waals surface area (Å²) < 4.78 is 0.991. The smallest absolute Gasteiger partial charge is 0.303 e. The summed E-state index contributed by atoms with van der Waals surface area (Å²) in [5, 5.41) is 11.7. The number of aliphatic carboxylic acids is 1. The molecular weight excluding hydrogens is 360 g/mol. The summed E-state index contributed by atoms with van der Waals surface area (Å²) in [7, 11) is 0. The van der Waals surface area contributed by atoms with Gasteiger partial charge < -0.3 is 10.4 Å². The van der Waals surface area contributed by atoms with Crippen molar-refractivity contribution in [3.05, 3.63) is 28.2 Å². The lowest BCUT2D eigenvalue weighted by atomic mass is 9.93. The number of carbonyl (C=O) groups is 2. The minimum Gasteiger partial charge on any atom is -0.481 e. The van der Waals surface area contributed by atoms with Crippen LogP contribution >= 0.6 is 15.9 Å². The summed E-state index contributed by atoms with van der Waals surface area (Å²) in [6.45, 7) is 4.03. The Bertz CT molecular complexity index is 577. The minimum atomic E-state index is -0.745. The second-order valence-electron chi connectivity index (χ2n) is 6.18. The molecule has 0 aromatic heterocycles. The summed E-state index contributed by atoms with van der Waals surface area (Å²) in [5.41, 5.74) is 1.85. The molecule has 0 radical (unpaired) electrons. The van der Waals surface area contributed by atoms with Crippen molar-refractivity contribution in [3.63, 3.8) is 0 Å². The van der Waals surface area contributed by atoms with Gasteiger partial charge in [0.15, 0.2) is 0 Å². The molecule has 1 amide bonds. The maximum absolute atomic E-state index is 12.2. The van der Waals surface area contributed by atoms with Crippen LogP contribution in [0.2, 0.25) is 0 Å². The van der Waals surface area contributed by atoms with Gasteiger partial charge in [-0.1, -0.05) is 15.9 Å². The van der Waals surface area contributed by atoms with Gasteiger partial charge in [0.1, 0.15) is 0 Å². The minimum absolute atomic E-state index is 0.0192. The molecular formula is C17H23BrN2O3. The summed E-state index contributed by atoms with van der Waals surface area (Å²) in [6.07, 6.45) is 2.98. The Labute approximate surface area is 145 Å². The third-order valence-electron chi connectivity index (χ3n) is 4.20. The van der Waals surface area contributed by atoms with Crippen molar-refractivity contribution in [1.82, 2.24) is 4.90 Å². The first-order chi connectivity index (χ1) is 10.9. The average Bonchev–Trinajstić information content (AvgIpc) is 2.48. The third kappa shape index (κ3) is 5.95. The van der Waals surface area contributed by atoms with E-state index in [1.165, 1.54) is 0 Å². The second-order valence-corrected chi connectivity index (χ2v) is 7.10. The standard InChI is InChI=1S/C17H23BrN2O3/c1-12-9-14(18)5-6-15(12)19-16(21)11-20-8-2-3-13(10-20)4-7-17(22)23/h5-6,9,13H,2-4,7-8,10-11H2,1H3,(H,19,21)(H,22,23). The van der Waals surface area contributed by atoms with E-state index < -0.39 is 5.97 Å². The molecule has 1 aliphatic rings. The van der Waals surface area contributed by atoms with Crippen molar-refractivity contribution < 1.29 is 14.7 Å². The Morgan fingerprint density at radius 2 is 2.22 bits per heavy atom. The van der Waals surface area contributed by atoms with Crippen molar-refractivity contribution in [2.75, 3.05) is 25.0 Å². The number of aryl methyl sites for hydroxylation is 1. The molecule has 5 nitrogen and oxygen atoms in total. The van der Waals surface area contributed by atoms with Gasteiger partial charge in [-0.3, -0.25) is 14.5 Å². The average molecular weight is 383 g/mol. The van der Waals surface area contributed by atoms with Gasteiger partial charge in [-0.25, -0.2) is 0 Å². The molecule has 0 saturated carbocycles. The van der Waals surface area contributed by atoms with E-state index in [0.717, 1.165) is 41.7 Å². The van der Waals surface area contributed by atoms with E-state index in [2.05, 4.69) is 26.1 Å². The van der Waals surface area contributed by atoms with Crippen molar-refractivity contribution in [2.24, 2.45) is 5.92 Å². The molecule has 0 spiro atoms. The lowest BCUT2D eigenvalue weighted by molar-refractivity contribution is -0.137. The van der Waals surface area contributed by atoms with Crippen LogP contribution in [-0.2, 0) is 9.59 Å².